The molecule has 0 aliphatic carbocycles. The molecule has 2 N–H and O–H groups in total. The second-order valence-corrected chi connectivity index (χ2v) is 3.04. The van der Waals surface area contributed by atoms with Gasteiger partial charge in [-0.25, -0.2) is 0 Å². The van der Waals surface area contributed by atoms with Crippen LogP contribution in [0.15, 0.2) is 0 Å². The highest BCUT2D eigenvalue weighted by atomic mass is 14.9. The standard InChI is InChI=1S/C6H13N.C3H8/c1-2-6-4-3-5-7-6;1-3-2/h6-7H,2-5H2,1H3;3H2,1-2H3/p+1. The molecule has 0 aromatic heterocycles. The van der Waals surface area contributed by atoms with E-state index in [2.05, 4.69) is 26.1 Å². The third-order valence-corrected chi connectivity index (χ3v) is 1.80. The van der Waals surface area contributed by atoms with Gasteiger partial charge < -0.3 is 5.32 Å². The van der Waals surface area contributed by atoms with Gasteiger partial charge in [0.25, 0.3) is 0 Å². The summed E-state index contributed by atoms with van der Waals surface area (Å²) in [7, 11) is 0. The largest absolute Gasteiger partial charge is 0.344 e. The predicted octanol–water partition coefficient (Wildman–Crippen LogP) is 1.54. The highest BCUT2D eigenvalue weighted by molar-refractivity contribution is 4.55. The maximum atomic E-state index is 2.46. The third-order valence-electron chi connectivity index (χ3n) is 1.80. The number of quaternary nitrogens is 1. The van der Waals surface area contributed by atoms with Crippen LogP contribution < -0.4 is 5.32 Å². The van der Waals surface area contributed by atoms with Gasteiger partial charge >= 0.3 is 0 Å². The van der Waals surface area contributed by atoms with Crippen LogP contribution >= 0.6 is 0 Å². The van der Waals surface area contributed by atoms with Gasteiger partial charge in [0.2, 0.25) is 0 Å². The summed E-state index contributed by atoms with van der Waals surface area (Å²) in [6, 6.07) is 0.972. The van der Waals surface area contributed by atoms with E-state index in [0.29, 0.717) is 0 Å². The summed E-state index contributed by atoms with van der Waals surface area (Å²) in [6.07, 6.45) is 5.51. The Kier molecular flexibility index (Phi) is 7.04. The van der Waals surface area contributed by atoms with E-state index in [4.69, 9.17) is 0 Å². The van der Waals surface area contributed by atoms with Gasteiger partial charge in [-0.05, 0) is 6.42 Å². The van der Waals surface area contributed by atoms with Crippen molar-refractivity contribution in [3.05, 3.63) is 0 Å². The van der Waals surface area contributed by atoms with Gasteiger partial charge in [0.05, 0.1) is 12.6 Å². The molecule has 62 valence electrons. The molecular formula is C9H22N+. The fraction of sp³-hybridized carbons (Fsp3) is 1.00. The van der Waals surface area contributed by atoms with Crippen LogP contribution in [0, 0.1) is 0 Å². The summed E-state index contributed by atoms with van der Waals surface area (Å²) in [4.78, 5) is 0. The molecule has 0 radical (unpaired) electrons. The molecule has 0 aromatic carbocycles. The average Bonchev–Trinajstić information content (AvgIpc) is 2.39. The van der Waals surface area contributed by atoms with Crippen LogP contribution in [-0.4, -0.2) is 12.6 Å². The van der Waals surface area contributed by atoms with Crippen molar-refractivity contribution in [1.82, 2.24) is 0 Å². The summed E-state index contributed by atoms with van der Waals surface area (Å²) in [5.41, 5.74) is 0. The minimum absolute atomic E-state index is 0.972. The quantitative estimate of drug-likeness (QED) is 0.575. The highest BCUT2D eigenvalue weighted by Crippen LogP contribution is 1.99. The Morgan fingerprint density at radius 1 is 1.30 bits per heavy atom. The van der Waals surface area contributed by atoms with Gasteiger partial charge in [0.15, 0.2) is 0 Å². The minimum Gasteiger partial charge on any atom is -0.344 e. The SMILES string of the molecule is CCC.CCC1CCC[NH2+]1. The van der Waals surface area contributed by atoms with E-state index in [1.165, 1.54) is 32.2 Å². The Morgan fingerprint density at radius 3 is 2.10 bits per heavy atom. The van der Waals surface area contributed by atoms with Crippen molar-refractivity contribution in [2.75, 3.05) is 6.54 Å². The Morgan fingerprint density at radius 2 is 1.90 bits per heavy atom. The maximum Gasteiger partial charge on any atom is 0.0858 e. The van der Waals surface area contributed by atoms with Gasteiger partial charge in [-0.15, -0.1) is 0 Å². The molecule has 0 bridgehead atoms. The molecule has 0 spiro atoms. The van der Waals surface area contributed by atoms with Crippen molar-refractivity contribution in [3.63, 3.8) is 0 Å². The van der Waals surface area contributed by atoms with E-state index in [0.717, 1.165) is 6.04 Å². The molecule has 0 amide bonds. The maximum absolute atomic E-state index is 2.46. The van der Waals surface area contributed by atoms with Crippen molar-refractivity contribution in [2.24, 2.45) is 0 Å². The Balaban J connectivity index is 0.000000236. The monoisotopic (exact) mass is 144 g/mol. The molecule has 1 unspecified atom stereocenters. The Labute approximate surface area is 65.2 Å². The normalized spacial score (nSPS) is 23.7. The average molecular weight is 144 g/mol. The Bertz CT molecular complexity index is 55.7. The highest BCUT2D eigenvalue weighted by Gasteiger charge is 2.14. The first-order valence-electron chi connectivity index (χ1n) is 4.68. The molecule has 1 aliphatic rings. The van der Waals surface area contributed by atoms with Crippen LogP contribution in [0.5, 0.6) is 0 Å². The van der Waals surface area contributed by atoms with E-state index in [1.807, 2.05) is 0 Å². The summed E-state index contributed by atoms with van der Waals surface area (Å²) in [5, 5.41) is 2.46. The lowest BCUT2D eigenvalue weighted by Gasteiger charge is -1.98. The van der Waals surface area contributed by atoms with E-state index in [1.54, 1.807) is 0 Å². The van der Waals surface area contributed by atoms with Gasteiger partial charge in [0, 0.05) is 12.8 Å². The lowest BCUT2D eigenvalue weighted by atomic mass is 10.2. The van der Waals surface area contributed by atoms with E-state index >= 15 is 0 Å². The van der Waals surface area contributed by atoms with Gasteiger partial charge in [-0.1, -0.05) is 27.2 Å². The molecule has 1 nitrogen and oxygen atoms in total. The third kappa shape index (κ3) is 4.80. The zero-order chi connectivity index (χ0) is 7.82. The van der Waals surface area contributed by atoms with Crippen molar-refractivity contribution in [1.29, 1.82) is 0 Å². The van der Waals surface area contributed by atoms with Crippen LogP contribution in [0.3, 0.4) is 0 Å². The molecule has 1 heterocycles. The molecule has 10 heavy (non-hydrogen) atoms. The molecule has 1 aliphatic heterocycles. The lowest BCUT2D eigenvalue weighted by Crippen LogP contribution is -2.86. The zero-order valence-corrected chi connectivity index (χ0v) is 7.69. The number of nitrogens with two attached hydrogens (primary N) is 1. The van der Waals surface area contributed by atoms with Gasteiger partial charge in [0.1, 0.15) is 0 Å². The summed E-state index contributed by atoms with van der Waals surface area (Å²) < 4.78 is 0. The number of rotatable bonds is 1. The summed E-state index contributed by atoms with van der Waals surface area (Å²) in [5.74, 6) is 0. The zero-order valence-electron chi connectivity index (χ0n) is 7.69. The summed E-state index contributed by atoms with van der Waals surface area (Å²) >= 11 is 0. The topological polar surface area (TPSA) is 16.6 Å². The fourth-order valence-corrected chi connectivity index (χ4v) is 1.22. The van der Waals surface area contributed by atoms with Crippen LogP contribution in [0.25, 0.3) is 0 Å². The molecular weight excluding hydrogens is 122 g/mol. The van der Waals surface area contributed by atoms with E-state index in [9.17, 15) is 0 Å². The van der Waals surface area contributed by atoms with Crippen LogP contribution in [0.1, 0.15) is 46.5 Å². The molecule has 0 saturated carbocycles. The summed E-state index contributed by atoms with van der Waals surface area (Å²) in [6.45, 7) is 7.89. The first kappa shape index (κ1) is 9.96. The molecule has 1 saturated heterocycles. The Hall–Kier alpha value is -0.0400. The van der Waals surface area contributed by atoms with Crippen LogP contribution in [0.2, 0.25) is 0 Å². The van der Waals surface area contributed by atoms with E-state index in [-0.39, 0.29) is 0 Å². The second kappa shape index (κ2) is 7.07. The van der Waals surface area contributed by atoms with Gasteiger partial charge in [-0.3, -0.25) is 0 Å². The second-order valence-electron chi connectivity index (χ2n) is 3.04. The fourth-order valence-electron chi connectivity index (χ4n) is 1.22. The van der Waals surface area contributed by atoms with Crippen LogP contribution in [-0.2, 0) is 0 Å². The van der Waals surface area contributed by atoms with E-state index < -0.39 is 0 Å². The lowest BCUT2D eigenvalue weighted by molar-refractivity contribution is -0.670. The number of hydrogen-bond donors (Lipinski definition) is 1. The molecule has 1 atom stereocenters. The van der Waals surface area contributed by atoms with Crippen molar-refractivity contribution in [3.8, 4) is 0 Å². The van der Waals surface area contributed by atoms with Crippen LogP contribution in [0.4, 0.5) is 0 Å². The molecule has 1 rings (SSSR count). The number of hydrogen-bond acceptors (Lipinski definition) is 0. The predicted molar refractivity (Wildman–Crippen MR) is 46.1 cm³/mol. The van der Waals surface area contributed by atoms with Crippen molar-refractivity contribution in [2.45, 2.75) is 52.5 Å². The van der Waals surface area contributed by atoms with Crippen molar-refractivity contribution >= 4 is 0 Å². The smallest absolute Gasteiger partial charge is 0.0858 e. The van der Waals surface area contributed by atoms with Crippen molar-refractivity contribution < 1.29 is 5.32 Å². The molecule has 1 heteroatoms. The molecule has 0 aromatic rings. The minimum atomic E-state index is 0.972. The van der Waals surface area contributed by atoms with Gasteiger partial charge in [-0.2, -0.15) is 0 Å². The first-order chi connectivity index (χ1) is 4.85. The molecule has 1 fully saturated rings. The first-order valence-corrected chi connectivity index (χ1v) is 4.68.